The predicted molar refractivity (Wildman–Crippen MR) is 148 cm³/mol. The molecule has 3 saturated carbocycles. The first-order valence-corrected chi connectivity index (χ1v) is 14.7. The first-order valence-electron chi connectivity index (χ1n) is 14.7. The second-order valence-corrected chi connectivity index (χ2v) is 12.3. The van der Waals surface area contributed by atoms with Gasteiger partial charge in [-0.15, -0.1) is 0 Å². The van der Waals surface area contributed by atoms with E-state index >= 15 is 0 Å². The maximum absolute atomic E-state index is 11.9. The number of cyclic esters (lactones) is 1. The maximum atomic E-state index is 11.9. The molecule has 1 aromatic rings. The largest absolute Gasteiger partial charge is 0.462 e. The monoisotopic (exact) mass is 569 g/mol. The molecule has 11 heteroatoms. The third kappa shape index (κ3) is 5.55. The van der Waals surface area contributed by atoms with E-state index in [9.17, 15) is 24.5 Å². The van der Waals surface area contributed by atoms with Crippen LogP contribution in [0.15, 0.2) is 33.3 Å². The molecule has 0 N–H and O–H groups in total. The second kappa shape index (κ2) is 11.4. The summed E-state index contributed by atoms with van der Waals surface area (Å²) in [5.41, 5.74) is 1.82. The fourth-order valence-corrected chi connectivity index (χ4v) is 8.07. The zero-order valence-electron chi connectivity index (χ0n) is 24.0. The van der Waals surface area contributed by atoms with Crippen LogP contribution in [0.5, 0.6) is 0 Å². The van der Waals surface area contributed by atoms with Crippen LogP contribution in [-0.4, -0.2) is 53.2 Å². The number of rotatable bonds is 5. The number of allylic oxidation sites excluding steroid dienone is 1. The van der Waals surface area contributed by atoms with Crippen molar-refractivity contribution in [2.75, 3.05) is 13.2 Å². The number of carbonyl (C=O) groups is 3. The highest BCUT2D eigenvalue weighted by molar-refractivity contribution is 5.91. The number of ether oxygens (including phenoxy) is 2. The van der Waals surface area contributed by atoms with Gasteiger partial charge in [0.05, 0.1) is 18.8 Å². The Hall–Kier alpha value is -3.50. The van der Waals surface area contributed by atoms with E-state index < -0.39 is 11.0 Å². The Morgan fingerprint density at radius 2 is 1.98 bits per heavy atom. The van der Waals surface area contributed by atoms with E-state index in [2.05, 4.69) is 23.7 Å². The van der Waals surface area contributed by atoms with E-state index in [4.69, 9.17) is 9.15 Å². The van der Waals surface area contributed by atoms with Gasteiger partial charge in [-0.2, -0.15) is 10.1 Å². The molecule has 0 radical (unpaired) electrons. The van der Waals surface area contributed by atoms with Crippen molar-refractivity contribution in [1.29, 1.82) is 0 Å². The van der Waals surface area contributed by atoms with Crippen LogP contribution in [0.25, 0.3) is 0 Å². The van der Waals surface area contributed by atoms with E-state index in [1.807, 2.05) is 13.0 Å². The number of esters is 1. The summed E-state index contributed by atoms with van der Waals surface area (Å²) in [4.78, 5) is 44.4. The smallest absolute Gasteiger partial charge is 0.433 e. The molecule has 2 heterocycles. The normalized spacial score (nSPS) is 34.1. The van der Waals surface area contributed by atoms with Crippen molar-refractivity contribution in [1.82, 2.24) is 5.01 Å². The highest BCUT2D eigenvalue weighted by atomic mass is 16.6. The SMILES string of the molecule is CCC(=O)OC1CCC2C3CCC4=CC(=O)CCC4(C)C3CCC12C.O=C1OCCN1N=Cc1ccc([N+](=O)[O-])o1. The number of hydrogen-bond acceptors (Lipinski definition) is 9. The Morgan fingerprint density at radius 3 is 2.66 bits per heavy atom. The fourth-order valence-electron chi connectivity index (χ4n) is 8.07. The molecule has 6 rings (SSSR count). The van der Waals surface area contributed by atoms with Crippen LogP contribution >= 0.6 is 0 Å². The minimum atomic E-state index is -0.651. The first-order chi connectivity index (χ1) is 19.5. The van der Waals surface area contributed by atoms with Gasteiger partial charge in [0.25, 0.3) is 0 Å². The summed E-state index contributed by atoms with van der Waals surface area (Å²) in [7, 11) is 0. The topological polar surface area (TPSA) is 142 Å². The van der Waals surface area contributed by atoms with Crippen molar-refractivity contribution in [3.63, 3.8) is 0 Å². The average Bonchev–Trinajstić information content (AvgIpc) is 3.67. The molecule has 222 valence electrons. The number of carbonyl (C=O) groups excluding carboxylic acids is 3. The fraction of sp³-hybridized carbons (Fsp3) is 0.667. The number of nitro groups is 1. The zero-order chi connectivity index (χ0) is 29.4. The van der Waals surface area contributed by atoms with E-state index in [1.54, 1.807) is 0 Å². The molecule has 11 nitrogen and oxygen atoms in total. The van der Waals surface area contributed by atoms with E-state index in [1.165, 1.54) is 43.2 Å². The van der Waals surface area contributed by atoms with Crippen LogP contribution in [0.1, 0.15) is 84.3 Å². The van der Waals surface area contributed by atoms with Crippen molar-refractivity contribution in [2.24, 2.45) is 33.7 Å². The van der Waals surface area contributed by atoms with Crippen molar-refractivity contribution < 1.29 is 33.2 Å². The van der Waals surface area contributed by atoms with E-state index in [0.29, 0.717) is 30.6 Å². The molecule has 6 atom stereocenters. The lowest BCUT2D eigenvalue weighted by Crippen LogP contribution is -2.51. The number of ketones is 1. The molecule has 41 heavy (non-hydrogen) atoms. The van der Waals surface area contributed by atoms with Crippen molar-refractivity contribution >= 4 is 29.9 Å². The number of fused-ring (bicyclic) bond motifs is 5. The van der Waals surface area contributed by atoms with Gasteiger partial charge in [-0.25, -0.2) is 4.79 Å². The number of hydrogen-bond donors (Lipinski definition) is 0. The van der Waals surface area contributed by atoms with Gasteiger partial charge in [0.15, 0.2) is 11.5 Å². The quantitative estimate of drug-likeness (QED) is 0.187. The second-order valence-electron chi connectivity index (χ2n) is 12.3. The first kappa shape index (κ1) is 29.0. The molecule has 4 fully saturated rings. The van der Waals surface area contributed by atoms with Crippen LogP contribution in [0.4, 0.5) is 10.7 Å². The average molecular weight is 570 g/mol. The van der Waals surface area contributed by atoms with Crippen LogP contribution in [0.3, 0.4) is 0 Å². The van der Waals surface area contributed by atoms with Gasteiger partial charge in [-0.1, -0.05) is 26.3 Å². The Kier molecular flexibility index (Phi) is 8.07. The minimum absolute atomic E-state index is 0.0411. The maximum Gasteiger partial charge on any atom is 0.433 e. The lowest BCUT2D eigenvalue weighted by atomic mass is 9.47. The highest BCUT2D eigenvalue weighted by Gasteiger charge is 2.59. The standard InChI is InChI=1S/C22H32O3.C8H7N3O5/c1-4-20(24)25-19-8-7-17-16-6-5-14-13-15(23)9-11-21(14,2)18(16)10-12-22(17,19)3;12-8-10(3-4-15-8)9-5-6-1-2-7(16-6)11(13)14/h13,16-19H,4-12H2,1-3H3;1-2,5H,3-4H2. The summed E-state index contributed by atoms with van der Waals surface area (Å²) in [6.07, 6.45) is 11.9. The minimum Gasteiger partial charge on any atom is -0.462 e. The summed E-state index contributed by atoms with van der Waals surface area (Å²) in [6.45, 7) is 7.34. The summed E-state index contributed by atoms with van der Waals surface area (Å²) in [5.74, 6) is 2.24. The molecule has 1 saturated heterocycles. The molecule has 1 aliphatic heterocycles. The van der Waals surface area contributed by atoms with Gasteiger partial charge in [0.2, 0.25) is 0 Å². The molecule has 0 bridgehead atoms. The Morgan fingerprint density at radius 1 is 1.17 bits per heavy atom. The lowest BCUT2D eigenvalue weighted by molar-refractivity contribution is -0.402. The zero-order valence-corrected chi connectivity index (χ0v) is 24.0. The molecule has 5 aliphatic rings. The van der Waals surface area contributed by atoms with Crippen LogP contribution in [0.2, 0.25) is 0 Å². The third-order valence-corrected chi connectivity index (χ3v) is 10.3. The Balaban J connectivity index is 0.000000182. The predicted octanol–water partition coefficient (Wildman–Crippen LogP) is 5.81. The van der Waals surface area contributed by atoms with Crippen molar-refractivity contribution in [3.05, 3.63) is 39.7 Å². The van der Waals surface area contributed by atoms with Crippen LogP contribution in [0, 0.1) is 38.7 Å². The van der Waals surface area contributed by atoms with Gasteiger partial charge < -0.3 is 13.9 Å². The summed E-state index contributed by atoms with van der Waals surface area (Å²) in [5, 5.41) is 15.2. The summed E-state index contributed by atoms with van der Waals surface area (Å²) < 4.78 is 15.3. The summed E-state index contributed by atoms with van der Waals surface area (Å²) >= 11 is 0. The van der Waals surface area contributed by atoms with Crippen LogP contribution in [-0.2, 0) is 19.1 Å². The lowest BCUT2D eigenvalue weighted by Gasteiger charge is -2.57. The van der Waals surface area contributed by atoms with Gasteiger partial charge in [0, 0.05) is 18.3 Å². The highest BCUT2D eigenvalue weighted by Crippen LogP contribution is 2.65. The molecule has 0 spiro atoms. The molecular formula is C30H39N3O8. The molecular weight excluding hydrogens is 530 g/mol. The van der Waals surface area contributed by atoms with Crippen molar-refractivity contribution in [2.45, 2.75) is 84.7 Å². The van der Waals surface area contributed by atoms with E-state index in [0.717, 1.165) is 43.0 Å². The molecule has 1 amide bonds. The number of furan rings is 1. The van der Waals surface area contributed by atoms with Gasteiger partial charge in [-0.05, 0) is 80.3 Å². The molecule has 0 aromatic carbocycles. The van der Waals surface area contributed by atoms with Crippen LogP contribution < -0.4 is 0 Å². The number of nitrogens with zero attached hydrogens (tertiary/aromatic N) is 3. The summed E-state index contributed by atoms with van der Waals surface area (Å²) in [6, 6.07) is 2.60. The number of amides is 1. The molecule has 4 aliphatic carbocycles. The van der Waals surface area contributed by atoms with Gasteiger partial charge in [0.1, 0.15) is 17.6 Å². The Bertz CT molecular complexity index is 1270. The number of hydrazone groups is 1. The molecule has 6 unspecified atom stereocenters. The molecule has 1 aromatic heterocycles. The Labute approximate surface area is 239 Å². The van der Waals surface area contributed by atoms with Gasteiger partial charge in [-0.3, -0.25) is 19.7 Å². The van der Waals surface area contributed by atoms with Crippen molar-refractivity contribution in [3.8, 4) is 0 Å². The van der Waals surface area contributed by atoms with E-state index in [-0.39, 0.29) is 41.2 Å². The van der Waals surface area contributed by atoms with Gasteiger partial charge >= 0.3 is 17.9 Å². The third-order valence-electron chi connectivity index (χ3n) is 10.3.